The van der Waals surface area contributed by atoms with Gasteiger partial charge in [0.2, 0.25) is 11.8 Å². The molecule has 416 valence electrons. The lowest BCUT2D eigenvalue weighted by Gasteiger charge is -2.25. The first-order valence-electron chi connectivity index (χ1n) is 26.2. The van der Waals surface area contributed by atoms with E-state index in [1.165, 1.54) is 44.9 Å². The van der Waals surface area contributed by atoms with Crippen molar-refractivity contribution in [2.75, 3.05) is 51.2 Å². The zero-order chi connectivity index (χ0) is 56.1. The van der Waals surface area contributed by atoms with Gasteiger partial charge in [-0.15, -0.1) is 0 Å². The molecule has 1 heterocycles. The topological polar surface area (TPSA) is 260 Å². The van der Waals surface area contributed by atoms with Crippen LogP contribution in [-0.4, -0.2) is 119 Å². The zero-order valence-corrected chi connectivity index (χ0v) is 47.8. The van der Waals surface area contributed by atoms with E-state index in [-0.39, 0.29) is 37.8 Å². The van der Waals surface area contributed by atoms with Crippen LogP contribution >= 0.6 is 0 Å². The molecule has 0 radical (unpaired) electrons. The van der Waals surface area contributed by atoms with Crippen molar-refractivity contribution in [2.24, 2.45) is 33.7 Å². The molecule has 1 unspecified atom stereocenters. The third kappa shape index (κ3) is 74.9. The minimum atomic E-state index is -0.819. The molecule has 1 atom stereocenters. The number of carboxylic acid groups (broad SMARTS) is 3. The monoisotopic (exact) mass is 1000 g/mol. The van der Waals surface area contributed by atoms with E-state index in [9.17, 15) is 19.2 Å². The van der Waals surface area contributed by atoms with Crippen LogP contribution in [0.25, 0.3) is 0 Å². The van der Waals surface area contributed by atoms with Crippen LogP contribution < -0.4 is 21.9 Å². The quantitative estimate of drug-likeness (QED) is 0.0354. The first kappa shape index (κ1) is 82.3. The van der Waals surface area contributed by atoms with E-state index in [1.807, 2.05) is 89.5 Å². The van der Waals surface area contributed by atoms with Gasteiger partial charge in [-0.3, -0.25) is 44.6 Å². The predicted octanol–water partition coefficient (Wildman–Crippen LogP) is 11.2. The maximum atomic E-state index is 11.8. The highest BCUT2D eigenvalue weighted by Gasteiger charge is 2.13. The van der Waals surface area contributed by atoms with Crippen LogP contribution in [0, 0.1) is 17.8 Å². The number of unbranched alkanes of at least 4 members (excludes halogenated alkanes) is 2. The number of aliphatic hydroxyl groups is 1. The molecule has 1 aliphatic rings. The summed E-state index contributed by atoms with van der Waals surface area (Å²) in [5.74, 6) is 0.869. The van der Waals surface area contributed by atoms with Crippen LogP contribution in [0.2, 0.25) is 0 Å². The molecule has 2 rings (SSSR count). The summed E-state index contributed by atoms with van der Waals surface area (Å²) in [6.45, 7) is 40.4. The second-order valence-corrected chi connectivity index (χ2v) is 15.9. The molecule has 17 heteroatoms. The second kappa shape index (κ2) is 68.7. The highest BCUT2D eigenvalue weighted by atomic mass is 16.4. The van der Waals surface area contributed by atoms with Crippen molar-refractivity contribution in [3.63, 3.8) is 0 Å². The molecule has 1 aliphatic heterocycles. The van der Waals surface area contributed by atoms with Crippen molar-refractivity contribution in [3.8, 4) is 0 Å². The average Bonchev–Trinajstić information content (AvgIpc) is 3.33. The van der Waals surface area contributed by atoms with Crippen LogP contribution in [0.1, 0.15) is 207 Å². The Morgan fingerprint density at radius 3 is 1.57 bits per heavy atom. The maximum absolute atomic E-state index is 11.8. The molecule has 0 saturated carbocycles. The van der Waals surface area contributed by atoms with E-state index < -0.39 is 11.9 Å². The number of hydrogen-bond donors (Lipinski definition) is 8. The Balaban J connectivity index is -0.000000116. The molecule has 0 spiro atoms. The number of carbonyl (C=O) groups is 5. The van der Waals surface area contributed by atoms with Crippen molar-refractivity contribution in [1.82, 2.24) is 20.7 Å². The fourth-order valence-corrected chi connectivity index (χ4v) is 4.83. The van der Waals surface area contributed by atoms with Crippen LogP contribution in [0.5, 0.6) is 0 Å². The van der Waals surface area contributed by atoms with Gasteiger partial charge in [0.15, 0.2) is 5.84 Å². The fourth-order valence-electron chi connectivity index (χ4n) is 4.83. The van der Waals surface area contributed by atoms with Crippen LogP contribution in [-0.2, 0) is 24.0 Å². The van der Waals surface area contributed by atoms with Crippen molar-refractivity contribution in [3.05, 3.63) is 29.8 Å². The number of aliphatic carboxylic acids is 2. The Labute approximate surface area is 428 Å². The van der Waals surface area contributed by atoms with Gasteiger partial charge in [-0.25, -0.2) is 0 Å². The van der Waals surface area contributed by atoms with Gasteiger partial charge in [0.1, 0.15) is 6.34 Å². The molecule has 17 nitrogen and oxygen atoms in total. The zero-order valence-electron chi connectivity index (χ0n) is 47.8. The number of carboxylic acids is 2. The molecule has 0 bridgehead atoms. The summed E-state index contributed by atoms with van der Waals surface area (Å²) in [6.07, 6.45) is 14.1. The fraction of sp³-hybridized carbons (Fsp3) is 0.755. The summed E-state index contributed by atoms with van der Waals surface area (Å²) < 4.78 is 0. The molecule has 0 aliphatic carbocycles. The number of amidine groups is 1. The summed E-state index contributed by atoms with van der Waals surface area (Å²) in [4.78, 5) is 55.0. The van der Waals surface area contributed by atoms with Crippen molar-refractivity contribution < 1.29 is 44.4 Å². The van der Waals surface area contributed by atoms with E-state index in [0.29, 0.717) is 43.8 Å². The minimum Gasteiger partial charge on any atom is -0.483 e. The van der Waals surface area contributed by atoms with Gasteiger partial charge in [-0.2, -0.15) is 10.2 Å². The number of anilines is 1. The molecule has 70 heavy (non-hydrogen) atoms. The van der Waals surface area contributed by atoms with E-state index in [4.69, 9.17) is 31.0 Å². The minimum absolute atomic E-state index is 0.0329. The van der Waals surface area contributed by atoms with Crippen molar-refractivity contribution >= 4 is 48.1 Å². The van der Waals surface area contributed by atoms with Gasteiger partial charge in [-0.05, 0) is 68.7 Å². The molecule has 9 N–H and O–H groups in total. The number of benzene rings is 1. The largest absolute Gasteiger partial charge is 0.483 e. The number of hydrogen-bond acceptors (Lipinski definition) is 12. The van der Waals surface area contributed by atoms with Crippen molar-refractivity contribution in [2.45, 2.75) is 202 Å². The van der Waals surface area contributed by atoms with Gasteiger partial charge >= 0.3 is 11.9 Å². The number of hydrazone groups is 2. The van der Waals surface area contributed by atoms with E-state index in [2.05, 4.69) is 88.7 Å². The SMILES string of the molecule is CC.CC.CC.CC(C)CCC(=O)Nc1cccc(C2=NNC=NN2)c1.CC(C)CCO.CCC.CCC(=O)O.CCCCCC(C)CC.CCCN(CCN(CCC)CC(=O)O)CC(N)=O.O=CO. The van der Waals surface area contributed by atoms with Crippen LogP contribution in [0.4, 0.5) is 5.69 Å². The number of amides is 2. The number of aliphatic hydroxyl groups excluding tert-OH is 1. The Hall–Kier alpha value is -4.61. The number of rotatable bonds is 24. The normalized spacial score (nSPS) is 10.5. The molecule has 0 fully saturated rings. The highest BCUT2D eigenvalue weighted by Crippen LogP contribution is 2.13. The number of nitrogens with two attached hydrogens (primary N) is 1. The molecule has 1 aromatic carbocycles. The summed E-state index contributed by atoms with van der Waals surface area (Å²) in [6, 6.07) is 7.49. The third-order valence-corrected chi connectivity index (χ3v) is 8.39. The second-order valence-electron chi connectivity index (χ2n) is 15.9. The van der Waals surface area contributed by atoms with Crippen LogP contribution in [0.3, 0.4) is 0 Å². The van der Waals surface area contributed by atoms with E-state index in [1.54, 1.807) is 6.92 Å². The molecular formula is C53H110N8O9. The lowest BCUT2D eigenvalue weighted by atomic mass is 10.0. The Morgan fingerprint density at radius 1 is 0.743 bits per heavy atom. The smallest absolute Gasteiger partial charge is 0.317 e. The number of primary amides is 1. The Bertz CT molecular complexity index is 1310. The Kier molecular flexibility index (Phi) is 80.7. The van der Waals surface area contributed by atoms with Gasteiger partial charge < -0.3 is 31.5 Å². The maximum Gasteiger partial charge on any atom is 0.317 e. The lowest BCUT2D eigenvalue weighted by Crippen LogP contribution is -2.41. The first-order valence-corrected chi connectivity index (χ1v) is 26.2. The summed E-state index contributed by atoms with van der Waals surface area (Å²) in [5.41, 5.74) is 12.3. The van der Waals surface area contributed by atoms with Gasteiger partial charge in [-0.1, -0.05) is 175 Å². The van der Waals surface area contributed by atoms with Gasteiger partial charge in [0, 0.05) is 43.8 Å². The molecule has 0 aromatic heterocycles. The predicted molar refractivity (Wildman–Crippen MR) is 298 cm³/mol. The summed E-state index contributed by atoms with van der Waals surface area (Å²) >= 11 is 0. The molecule has 2 amide bonds. The van der Waals surface area contributed by atoms with Gasteiger partial charge in [0.25, 0.3) is 6.47 Å². The summed E-state index contributed by atoms with van der Waals surface area (Å²) in [5, 5.41) is 42.5. The third-order valence-electron chi connectivity index (χ3n) is 8.39. The van der Waals surface area contributed by atoms with Crippen LogP contribution in [0.15, 0.2) is 34.5 Å². The number of nitrogens with zero attached hydrogens (tertiary/aromatic N) is 4. The van der Waals surface area contributed by atoms with E-state index >= 15 is 0 Å². The lowest BCUT2D eigenvalue weighted by molar-refractivity contribution is -0.138. The van der Waals surface area contributed by atoms with Crippen molar-refractivity contribution in [1.29, 1.82) is 0 Å². The summed E-state index contributed by atoms with van der Waals surface area (Å²) in [7, 11) is 0. The first-order chi connectivity index (χ1) is 33.3. The van der Waals surface area contributed by atoms with Gasteiger partial charge in [0.05, 0.1) is 13.1 Å². The standard InChI is InChI=1S/C14H19N5O.C12H25N3O3.C9H20.C5H12O.C3H6O2.C3H8.3C2H6.CH2O2/c1-10(2)6-7-13(20)17-12-5-3-4-11(8-12)14-18-15-9-16-19-14;1-3-5-14(9-11(13)16)7-8-15(6-4-2)10-12(17)18;1-4-6-7-8-9(3)5-2;1-5(2)3-4-6;1-2-3(4)5;1-3-2;3*1-2;2-1-3/h3-5,8-10H,6-7H2,1-2H3,(H,15,16)(H,17,20)(H,18,19);3-10H2,1-2H3,(H2,13,16)(H,17,18);9H,4-8H2,1-3H3;5-6H,3-4H2,1-2H3;2H2,1H3,(H,4,5);3H2,1-2H3;3*1-2H3;1H,(H,2,3). The Morgan fingerprint density at radius 2 is 1.23 bits per heavy atom. The number of nitrogens with one attached hydrogen (secondary N) is 3. The van der Waals surface area contributed by atoms with E-state index in [0.717, 1.165) is 55.9 Å². The molecular weight excluding hydrogens is 893 g/mol. The highest BCUT2D eigenvalue weighted by molar-refractivity contribution is 6.01. The molecule has 0 saturated heterocycles. The number of carbonyl (C=O) groups excluding carboxylic acids is 2. The molecule has 1 aromatic rings. The average molecular weight is 1000 g/mol.